The Hall–Kier alpha value is -2.89. The first-order valence-corrected chi connectivity index (χ1v) is 16.2. The number of aromatic amines is 1. The van der Waals surface area contributed by atoms with Crippen LogP contribution in [0.2, 0.25) is 0 Å². The van der Waals surface area contributed by atoms with Crippen molar-refractivity contribution in [3.8, 4) is 5.75 Å². The average Bonchev–Trinajstić information content (AvgIpc) is 3.68. The number of carbonyl (C=O) groups is 3. The molecular formula is C30H27BrN2O6S2. The number of H-pyrrole nitrogens is 1. The van der Waals surface area contributed by atoms with Gasteiger partial charge in [-0.25, -0.2) is 0 Å². The lowest BCUT2D eigenvalue weighted by Gasteiger charge is -2.43. The SMILES string of the molecule is O=C(O)CCCN1C(=O)C2C3CC(C2C1=O)C1C3Sc2[nH]c(=O)sc2[C@@H]1c1cc(Br)ccc1OCc1ccccc1. The molecule has 2 amide bonds. The van der Waals surface area contributed by atoms with Gasteiger partial charge in [0, 0.05) is 39.0 Å². The van der Waals surface area contributed by atoms with Crippen molar-refractivity contribution >= 4 is 56.8 Å². The van der Waals surface area contributed by atoms with Crippen LogP contribution in [-0.4, -0.2) is 44.6 Å². The van der Waals surface area contributed by atoms with E-state index in [1.165, 1.54) is 16.2 Å². The van der Waals surface area contributed by atoms with Crippen molar-refractivity contribution in [3.63, 3.8) is 0 Å². The number of carboxylic acid groups (broad SMARTS) is 1. The van der Waals surface area contributed by atoms with Gasteiger partial charge in [0.1, 0.15) is 12.4 Å². The van der Waals surface area contributed by atoms with Crippen molar-refractivity contribution in [2.75, 3.05) is 6.54 Å². The highest BCUT2D eigenvalue weighted by atomic mass is 79.9. The van der Waals surface area contributed by atoms with Crippen LogP contribution in [0.3, 0.4) is 0 Å². The number of thioether (sulfide) groups is 1. The van der Waals surface area contributed by atoms with Gasteiger partial charge in [0.15, 0.2) is 0 Å². The number of ether oxygens (including phenoxy) is 1. The lowest BCUT2D eigenvalue weighted by molar-refractivity contribution is -0.142. The van der Waals surface area contributed by atoms with E-state index in [0.717, 1.165) is 37.7 Å². The summed E-state index contributed by atoms with van der Waals surface area (Å²) in [6.45, 7) is 0.544. The molecule has 0 radical (unpaired) electrons. The molecule has 0 spiro atoms. The third-order valence-corrected chi connectivity index (χ3v) is 12.2. The number of rotatable bonds is 8. The first kappa shape index (κ1) is 27.0. The van der Waals surface area contributed by atoms with E-state index in [2.05, 4.69) is 27.0 Å². The summed E-state index contributed by atoms with van der Waals surface area (Å²) in [7, 11) is 0. The molecule has 1 saturated heterocycles. The number of fused-ring (bicyclic) bond motifs is 9. The molecule has 3 heterocycles. The number of amides is 2. The Kier molecular flexibility index (Phi) is 6.86. The van der Waals surface area contributed by atoms with Gasteiger partial charge in [-0.1, -0.05) is 57.6 Å². The number of hydrogen-bond acceptors (Lipinski definition) is 7. The van der Waals surface area contributed by atoms with Gasteiger partial charge in [0.2, 0.25) is 11.8 Å². The van der Waals surface area contributed by atoms with Crippen LogP contribution >= 0.6 is 39.0 Å². The Morgan fingerprint density at radius 3 is 2.59 bits per heavy atom. The highest BCUT2D eigenvalue weighted by molar-refractivity contribution is 9.10. The largest absolute Gasteiger partial charge is 0.489 e. The van der Waals surface area contributed by atoms with Gasteiger partial charge in [-0.15, -0.1) is 11.8 Å². The number of hydrogen-bond donors (Lipinski definition) is 2. The van der Waals surface area contributed by atoms with Crippen LogP contribution in [0, 0.1) is 29.6 Å². The van der Waals surface area contributed by atoms with Crippen LogP contribution in [0.1, 0.15) is 41.2 Å². The molecule has 7 rings (SSSR count). The molecule has 1 aromatic heterocycles. The van der Waals surface area contributed by atoms with E-state index in [9.17, 15) is 19.2 Å². The van der Waals surface area contributed by atoms with Gasteiger partial charge in [-0.05, 0) is 54.4 Å². The number of nitrogens with one attached hydrogen (secondary N) is 1. The number of benzene rings is 2. The number of carboxylic acids is 1. The third-order valence-electron chi connectivity index (χ3n) is 9.13. The minimum atomic E-state index is -0.936. The number of likely N-dealkylation sites (tertiary alicyclic amines) is 1. The Labute approximate surface area is 252 Å². The number of carbonyl (C=O) groups excluding carboxylic acids is 2. The molecule has 3 fully saturated rings. The van der Waals surface area contributed by atoms with Gasteiger partial charge in [0.05, 0.1) is 16.9 Å². The standard InChI is InChI=1S/C30H27BrN2O6S2/c31-15-8-9-19(39-13-14-5-2-1-3-6-14)16(11-15)21-22-17-12-18(25(22)40-27-26(21)41-30(38)32-27)24-23(17)28(36)33(29(24)37)10-4-7-20(34)35/h1-3,5-6,8-9,11,17-18,21-25H,4,7,10,12-13H2,(H,32,38)(H,34,35)/t17?,18?,21-,22?,23?,24?,25?/m1/s1. The van der Waals surface area contributed by atoms with Crippen LogP contribution in [-0.2, 0) is 21.0 Å². The summed E-state index contributed by atoms with van der Waals surface area (Å²) in [6, 6.07) is 15.9. The van der Waals surface area contributed by atoms with E-state index >= 15 is 0 Å². The molecule has 2 aliphatic heterocycles. The summed E-state index contributed by atoms with van der Waals surface area (Å²) in [5.74, 6) is -1.42. The number of imide groups is 1. The first-order chi connectivity index (χ1) is 19.8. The van der Waals surface area contributed by atoms with Crippen molar-refractivity contribution in [1.29, 1.82) is 0 Å². The maximum Gasteiger partial charge on any atom is 0.305 e. The first-order valence-electron chi connectivity index (χ1n) is 13.7. The van der Waals surface area contributed by atoms with Gasteiger partial charge < -0.3 is 14.8 Å². The van der Waals surface area contributed by atoms with Crippen LogP contribution < -0.4 is 9.61 Å². The second-order valence-electron chi connectivity index (χ2n) is 11.2. The molecule has 6 unspecified atom stereocenters. The highest BCUT2D eigenvalue weighted by Crippen LogP contribution is 2.69. The zero-order chi connectivity index (χ0) is 28.4. The Bertz CT molecular complexity index is 1610. The van der Waals surface area contributed by atoms with Crippen LogP contribution in [0.4, 0.5) is 0 Å². The smallest absolute Gasteiger partial charge is 0.305 e. The molecule has 2 aromatic carbocycles. The van der Waals surface area contributed by atoms with Gasteiger partial charge >= 0.3 is 10.8 Å². The maximum absolute atomic E-state index is 13.7. The summed E-state index contributed by atoms with van der Waals surface area (Å²) in [5.41, 5.74) is 2.02. The van der Waals surface area contributed by atoms with Crippen molar-refractivity contribution in [2.24, 2.45) is 29.6 Å². The normalized spacial score (nSPS) is 29.4. The van der Waals surface area contributed by atoms with Crippen LogP contribution in [0.25, 0.3) is 0 Å². The zero-order valence-corrected chi connectivity index (χ0v) is 25.0. The lowest BCUT2D eigenvalue weighted by Crippen LogP contribution is -2.42. The number of aromatic nitrogens is 1. The van der Waals surface area contributed by atoms with Gasteiger partial charge in [-0.3, -0.25) is 24.1 Å². The molecule has 41 heavy (non-hydrogen) atoms. The maximum atomic E-state index is 13.7. The Balaban J connectivity index is 1.26. The van der Waals surface area contributed by atoms with Crippen LogP contribution in [0.15, 0.2) is 62.8 Å². The van der Waals surface area contributed by atoms with E-state index in [1.54, 1.807) is 11.8 Å². The predicted octanol–water partition coefficient (Wildman–Crippen LogP) is 5.12. The van der Waals surface area contributed by atoms with Crippen molar-refractivity contribution in [1.82, 2.24) is 9.88 Å². The van der Waals surface area contributed by atoms with E-state index in [0.29, 0.717) is 6.61 Å². The molecule has 2 N–H and O–H groups in total. The molecule has 4 aliphatic rings. The van der Waals surface area contributed by atoms with E-state index in [4.69, 9.17) is 9.84 Å². The minimum absolute atomic E-state index is 0.0141. The Morgan fingerprint density at radius 1 is 1.07 bits per heavy atom. The summed E-state index contributed by atoms with van der Waals surface area (Å²) >= 11 is 6.51. The second-order valence-corrected chi connectivity index (χ2v) is 14.4. The van der Waals surface area contributed by atoms with Crippen molar-refractivity contribution in [3.05, 3.63) is 78.7 Å². The number of nitrogens with zero attached hydrogens (tertiary/aromatic N) is 1. The summed E-state index contributed by atoms with van der Waals surface area (Å²) < 4.78 is 7.30. The Morgan fingerprint density at radius 2 is 1.83 bits per heavy atom. The van der Waals surface area contributed by atoms with E-state index < -0.39 is 11.9 Å². The van der Waals surface area contributed by atoms with Crippen molar-refractivity contribution < 1.29 is 24.2 Å². The molecule has 2 saturated carbocycles. The summed E-state index contributed by atoms with van der Waals surface area (Å²) in [5, 5.41) is 9.97. The van der Waals surface area contributed by atoms with Gasteiger partial charge in [-0.2, -0.15) is 0 Å². The highest BCUT2D eigenvalue weighted by Gasteiger charge is 2.69. The second kappa shape index (κ2) is 10.4. The molecule has 7 atom stereocenters. The fourth-order valence-corrected chi connectivity index (χ4v) is 10.9. The lowest BCUT2D eigenvalue weighted by atomic mass is 9.68. The average molecular weight is 656 g/mol. The minimum Gasteiger partial charge on any atom is -0.489 e. The summed E-state index contributed by atoms with van der Waals surface area (Å²) in [6.07, 6.45) is 0.969. The number of aliphatic carboxylic acids is 1. The molecule has 2 aliphatic carbocycles. The predicted molar refractivity (Wildman–Crippen MR) is 157 cm³/mol. The molecule has 2 bridgehead atoms. The molecule has 212 valence electrons. The zero-order valence-electron chi connectivity index (χ0n) is 21.8. The number of halogens is 1. The molecular weight excluding hydrogens is 628 g/mol. The van der Waals surface area contributed by atoms with Crippen LogP contribution in [0.5, 0.6) is 5.75 Å². The molecule has 3 aromatic rings. The molecule has 8 nitrogen and oxygen atoms in total. The van der Waals surface area contributed by atoms with Gasteiger partial charge in [0.25, 0.3) is 0 Å². The molecule has 11 heteroatoms. The monoisotopic (exact) mass is 654 g/mol. The fraction of sp³-hybridized carbons (Fsp3) is 0.400. The summed E-state index contributed by atoms with van der Waals surface area (Å²) in [4.78, 5) is 56.1. The fourth-order valence-electron chi connectivity index (χ4n) is 7.66. The van der Waals surface area contributed by atoms with E-state index in [-0.39, 0.29) is 70.9 Å². The number of thiazole rings is 1. The van der Waals surface area contributed by atoms with E-state index in [1.807, 2.05) is 42.5 Å². The third kappa shape index (κ3) is 4.47. The van der Waals surface area contributed by atoms with Crippen molar-refractivity contribution in [2.45, 2.75) is 42.1 Å². The quantitative estimate of drug-likeness (QED) is 0.324. The topological polar surface area (TPSA) is 117 Å².